The number of hydrogen-bond acceptors (Lipinski definition) is 7. The summed E-state index contributed by atoms with van der Waals surface area (Å²) in [5, 5.41) is 15.4. The maximum atomic E-state index is 13.5. The van der Waals surface area contributed by atoms with Crippen molar-refractivity contribution < 1.29 is 29.0 Å². The number of fused-ring (bicyclic) bond motifs is 1. The maximum absolute atomic E-state index is 13.5. The molecule has 2 unspecified atom stereocenters. The molecule has 0 aromatic carbocycles. The lowest BCUT2D eigenvalue weighted by Crippen LogP contribution is -2.58. The van der Waals surface area contributed by atoms with Gasteiger partial charge in [0.15, 0.2) is 0 Å². The van der Waals surface area contributed by atoms with Gasteiger partial charge in [0.05, 0.1) is 43.3 Å². The van der Waals surface area contributed by atoms with Crippen molar-refractivity contribution in [1.82, 2.24) is 20.4 Å². The first-order valence-corrected chi connectivity index (χ1v) is 11.2. The zero-order valence-corrected chi connectivity index (χ0v) is 18.6. The Morgan fingerprint density at radius 3 is 2.61 bits per heavy atom. The Bertz CT molecular complexity index is 743. The van der Waals surface area contributed by atoms with Gasteiger partial charge in [-0.1, -0.05) is 0 Å². The molecule has 2 bridgehead atoms. The molecule has 0 aliphatic carbocycles. The number of amides is 3. The minimum absolute atomic E-state index is 0.243. The van der Waals surface area contributed by atoms with Crippen LogP contribution in [0, 0.1) is 11.8 Å². The predicted molar refractivity (Wildman–Crippen MR) is 110 cm³/mol. The second-order valence-electron chi connectivity index (χ2n) is 9.36. The quantitative estimate of drug-likeness (QED) is 0.435. The minimum Gasteiger partial charge on any atom is -0.394 e. The number of likely N-dealkylation sites (tertiary alicyclic amines) is 1. The zero-order valence-electron chi connectivity index (χ0n) is 18.6. The van der Waals surface area contributed by atoms with Gasteiger partial charge in [-0.05, 0) is 26.7 Å². The number of morpholine rings is 1. The molecule has 1 spiro atoms. The van der Waals surface area contributed by atoms with Crippen LogP contribution in [0.5, 0.6) is 0 Å². The molecule has 4 aliphatic heterocycles. The lowest BCUT2D eigenvalue weighted by Gasteiger charge is -2.36. The third-order valence-corrected chi connectivity index (χ3v) is 7.56. The summed E-state index contributed by atoms with van der Waals surface area (Å²) in [7, 11) is 1.55. The molecular formula is C21H34N4O6. The van der Waals surface area contributed by atoms with Gasteiger partial charge >= 0.3 is 0 Å². The molecule has 31 heavy (non-hydrogen) atoms. The molecular weight excluding hydrogens is 404 g/mol. The number of nitrogens with one attached hydrogen (secondary N) is 2. The summed E-state index contributed by atoms with van der Waals surface area (Å²) in [5.74, 6) is -2.20. The van der Waals surface area contributed by atoms with Gasteiger partial charge in [0.2, 0.25) is 17.7 Å². The van der Waals surface area contributed by atoms with Crippen molar-refractivity contribution >= 4 is 17.7 Å². The summed E-state index contributed by atoms with van der Waals surface area (Å²) < 4.78 is 11.8. The highest BCUT2D eigenvalue weighted by molar-refractivity contribution is 5.99. The molecule has 0 radical (unpaired) electrons. The summed E-state index contributed by atoms with van der Waals surface area (Å²) in [6.45, 7) is 7.47. The van der Waals surface area contributed by atoms with E-state index in [2.05, 4.69) is 15.5 Å². The Labute approximate surface area is 182 Å². The molecule has 0 saturated carbocycles. The van der Waals surface area contributed by atoms with Crippen molar-refractivity contribution in [3.8, 4) is 0 Å². The fourth-order valence-electron chi connectivity index (χ4n) is 6.04. The Morgan fingerprint density at radius 2 is 1.97 bits per heavy atom. The smallest absolute Gasteiger partial charge is 0.245 e. The molecule has 4 saturated heterocycles. The molecule has 6 atom stereocenters. The van der Waals surface area contributed by atoms with Crippen molar-refractivity contribution in [2.75, 3.05) is 53.0 Å². The molecule has 174 valence electrons. The predicted octanol–water partition coefficient (Wildman–Crippen LogP) is -1.67. The molecule has 0 aromatic heterocycles. The van der Waals surface area contributed by atoms with Crippen LogP contribution in [0.2, 0.25) is 0 Å². The molecule has 4 fully saturated rings. The van der Waals surface area contributed by atoms with Gasteiger partial charge < -0.3 is 30.1 Å². The number of carbonyl (C=O) groups is 3. The standard InChI is InChI=1S/C21H34N4O6/c1-13(12-26)25-16(18(28)23-6-7-24-8-10-30-11-9-24)21-5-4-20(2,31-21)14(17(27)22-3)15(21)19(25)29/h13-16,26H,4-12H2,1-3H3,(H,22,27)(H,23,28)/t13-,14+,15+,16?,20-,21?/m1/s1. The van der Waals surface area contributed by atoms with E-state index in [0.29, 0.717) is 39.1 Å². The van der Waals surface area contributed by atoms with E-state index in [9.17, 15) is 19.5 Å². The fraction of sp³-hybridized carbons (Fsp3) is 0.857. The average molecular weight is 439 g/mol. The summed E-state index contributed by atoms with van der Waals surface area (Å²) in [5.41, 5.74) is -1.82. The van der Waals surface area contributed by atoms with E-state index >= 15 is 0 Å². The van der Waals surface area contributed by atoms with Crippen LogP contribution < -0.4 is 10.6 Å². The zero-order chi connectivity index (χ0) is 22.4. The molecule has 0 aromatic rings. The molecule has 3 amide bonds. The molecule has 4 rings (SSSR count). The average Bonchev–Trinajstić information content (AvgIpc) is 3.34. The van der Waals surface area contributed by atoms with Crippen LogP contribution in [-0.2, 0) is 23.9 Å². The molecule has 10 heteroatoms. The fourth-order valence-corrected chi connectivity index (χ4v) is 6.04. The lowest BCUT2D eigenvalue weighted by molar-refractivity contribution is -0.149. The van der Waals surface area contributed by atoms with E-state index in [0.717, 1.165) is 13.1 Å². The van der Waals surface area contributed by atoms with Gasteiger partial charge in [-0.25, -0.2) is 0 Å². The van der Waals surface area contributed by atoms with Gasteiger partial charge in [0.25, 0.3) is 0 Å². The van der Waals surface area contributed by atoms with Crippen molar-refractivity contribution in [2.24, 2.45) is 11.8 Å². The SMILES string of the molecule is CNC(=O)[C@@H]1[C@H]2C(=O)N([C@H](C)CO)C(C(=O)NCCN3CCOCC3)C23CC[C@@]1(C)O3. The highest BCUT2D eigenvalue weighted by Crippen LogP contribution is 2.63. The number of hydrogen-bond donors (Lipinski definition) is 3. The van der Waals surface area contributed by atoms with Crippen LogP contribution in [0.15, 0.2) is 0 Å². The van der Waals surface area contributed by atoms with Crippen LogP contribution in [-0.4, -0.2) is 109 Å². The number of rotatable bonds is 7. The van der Waals surface area contributed by atoms with Gasteiger partial charge in [0.1, 0.15) is 11.6 Å². The normalized spacial score (nSPS) is 38.3. The third kappa shape index (κ3) is 3.44. The molecule has 10 nitrogen and oxygen atoms in total. The van der Waals surface area contributed by atoms with Crippen LogP contribution in [0.3, 0.4) is 0 Å². The van der Waals surface area contributed by atoms with E-state index in [-0.39, 0.29) is 24.3 Å². The molecule has 4 aliphatic rings. The van der Waals surface area contributed by atoms with Gasteiger partial charge in [-0.2, -0.15) is 0 Å². The minimum atomic E-state index is -1.05. The van der Waals surface area contributed by atoms with Crippen LogP contribution >= 0.6 is 0 Å². The molecule has 3 N–H and O–H groups in total. The number of aliphatic hydroxyl groups is 1. The second-order valence-corrected chi connectivity index (χ2v) is 9.36. The van der Waals surface area contributed by atoms with Crippen molar-refractivity contribution in [1.29, 1.82) is 0 Å². The van der Waals surface area contributed by atoms with Gasteiger partial charge in [-0.15, -0.1) is 0 Å². The lowest BCUT2D eigenvalue weighted by atomic mass is 9.66. The van der Waals surface area contributed by atoms with Crippen LogP contribution in [0.4, 0.5) is 0 Å². The third-order valence-electron chi connectivity index (χ3n) is 7.56. The van der Waals surface area contributed by atoms with E-state index in [1.165, 1.54) is 4.90 Å². The Kier molecular flexibility index (Phi) is 6.01. The number of aliphatic hydroxyl groups excluding tert-OH is 1. The van der Waals surface area contributed by atoms with Crippen molar-refractivity contribution in [3.63, 3.8) is 0 Å². The van der Waals surface area contributed by atoms with Crippen LogP contribution in [0.25, 0.3) is 0 Å². The summed E-state index contributed by atoms with van der Waals surface area (Å²) in [4.78, 5) is 43.4. The Balaban J connectivity index is 1.58. The van der Waals surface area contributed by atoms with E-state index < -0.39 is 35.1 Å². The highest BCUT2D eigenvalue weighted by atomic mass is 16.5. The summed E-state index contributed by atoms with van der Waals surface area (Å²) in [6, 6.07) is -1.42. The summed E-state index contributed by atoms with van der Waals surface area (Å²) in [6.07, 6.45) is 1.14. The molecule has 4 heterocycles. The van der Waals surface area contributed by atoms with E-state index in [1.54, 1.807) is 14.0 Å². The topological polar surface area (TPSA) is 120 Å². The Morgan fingerprint density at radius 1 is 1.26 bits per heavy atom. The number of carbonyl (C=O) groups excluding carboxylic acids is 3. The monoisotopic (exact) mass is 438 g/mol. The van der Waals surface area contributed by atoms with E-state index in [1.807, 2.05) is 6.92 Å². The van der Waals surface area contributed by atoms with Crippen molar-refractivity contribution in [2.45, 2.75) is 50.0 Å². The van der Waals surface area contributed by atoms with Crippen molar-refractivity contribution in [3.05, 3.63) is 0 Å². The number of nitrogens with zero attached hydrogens (tertiary/aromatic N) is 2. The van der Waals surface area contributed by atoms with Crippen LogP contribution in [0.1, 0.15) is 26.7 Å². The van der Waals surface area contributed by atoms with Gasteiger partial charge in [-0.3, -0.25) is 19.3 Å². The first-order valence-electron chi connectivity index (χ1n) is 11.2. The Hall–Kier alpha value is -1.75. The number of ether oxygens (including phenoxy) is 2. The summed E-state index contributed by atoms with van der Waals surface area (Å²) >= 11 is 0. The first-order chi connectivity index (χ1) is 14.8. The maximum Gasteiger partial charge on any atom is 0.245 e. The largest absolute Gasteiger partial charge is 0.394 e. The highest BCUT2D eigenvalue weighted by Gasteiger charge is 2.78. The van der Waals surface area contributed by atoms with Gasteiger partial charge in [0, 0.05) is 33.2 Å². The second kappa shape index (κ2) is 8.31. The first kappa shape index (κ1) is 22.4. The van der Waals surface area contributed by atoms with E-state index in [4.69, 9.17) is 9.47 Å².